The lowest BCUT2D eigenvalue weighted by Gasteiger charge is -2.21. The molecule has 0 aliphatic carbocycles. The van der Waals surface area contributed by atoms with Gasteiger partial charge in [-0.25, -0.2) is 0 Å². The molecular weight excluding hydrogens is 214 g/mol. The van der Waals surface area contributed by atoms with Crippen LogP contribution < -0.4 is 4.74 Å². The van der Waals surface area contributed by atoms with E-state index >= 15 is 0 Å². The molecule has 1 heterocycles. The molecule has 94 valence electrons. The molecule has 17 heavy (non-hydrogen) atoms. The van der Waals surface area contributed by atoms with E-state index in [1.807, 2.05) is 12.1 Å². The smallest absolute Gasteiger partial charge is 0.118 e. The maximum absolute atomic E-state index is 9.21. The van der Waals surface area contributed by atoms with Gasteiger partial charge in [0.05, 0.1) is 13.8 Å². The Bertz CT molecular complexity index is 337. The maximum atomic E-state index is 9.21. The number of aryl methyl sites for hydroxylation is 1. The van der Waals surface area contributed by atoms with E-state index in [0.29, 0.717) is 6.04 Å². The highest BCUT2D eigenvalue weighted by molar-refractivity contribution is 5.27. The number of aliphatic hydroxyl groups is 1. The number of rotatable bonds is 5. The number of benzene rings is 1. The molecule has 1 aromatic rings. The van der Waals surface area contributed by atoms with Gasteiger partial charge in [0.1, 0.15) is 5.75 Å². The lowest BCUT2D eigenvalue weighted by Crippen LogP contribution is -2.30. The molecule has 3 nitrogen and oxygen atoms in total. The second kappa shape index (κ2) is 6.03. The minimum absolute atomic E-state index is 0.202. The van der Waals surface area contributed by atoms with Gasteiger partial charge in [-0.15, -0.1) is 0 Å². The van der Waals surface area contributed by atoms with Gasteiger partial charge in [0.2, 0.25) is 0 Å². The monoisotopic (exact) mass is 235 g/mol. The van der Waals surface area contributed by atoms with Gasteiger partial charge < -0.3 is 9.84 Å². The zero-order valence-electron chi connectivity index (χ0n) is 10.4. The highest BCUT2D eigenvalue weighted by Gasteiger charge is 2.22. The van der Waals surface area contributed by atoms with Crippen molar-refractivity contribution in [3.05, 3.63) is 29.8 Å². The standard InChI is InChI=1S/C14H21NO2/c1-17-14-8-5-12(6-9-14)4-7-13-3-2-10-15(13)11-16/h5-6,8-9,13,16H,2-4,7,10-11H2,1H3. The first kappa shape index (κ1) is 12.4. The van der Waals surface area contributed by atoms with Gasteiger partial charge in [0.25, 0.3) is 0 Å². The minimum atomic E-state index is 0.202. The summed E-state index contributed by atoms with van der Waals surface area (Å²) < 4.78 is 5.14. The van der Waals surface area contributed by atoms with Crippen molar-refractivity contribution in [2.45, 2.75) is 31.7 Å². The molecule has 0 amide bonds. The minimum Gasteiger partial charge on any atom is -0.497 e. The number of methoxy groups -OCH3 is 1. The molecule has 1 N–H and O–H groups in total. The molecular formula is C14H21NO2. The van der Waals surface area contributed by atoms with Crippen molar-refractivity contribution < 1.29 is 9.84 Å². The Hall–Kier alpha value is -1.06. The van der Waals surface area contributed by atoms with Crippen LogP contribution in [0.4, 0.5) is 0 Å². The molecule has 1 aliphatic rings. The van der Waals surface area contributed by atoms with Gasteiger partial charge in [-0.1, -0.05) is 12.1 Å². The van der Waals surface area contributed by atoms with E-state index in [-0.39, 0.29) is 6.73 Å². The Kier molecular flexibility index (Phi) is 4.40. The van der Waals surface area contributed by atoms with Crippen LogP contribution in [0.15, 0.2) is 24.3 Å². The molecule has 1 aliphatic heterocycles. The SMILES string of the molecule is COc1ccc(CCC2CCCN2CO)cc1. The normalized spacial score (nSPS) is 20.7. The molecule has 1 aromatic carbocycles. The predicted molar refractivity (Wildman–Crippen MR) is 68.1 cm³/mol. The van der Waals surface area contributed by atoms with Gasteiger partial charge in [-0.3, -0.25) is 4.90 Å². The van der Waals surface area contributed by atoms with Crippen molar-refractivity contribution in [1.82, 2.24) is 4.90 Å². The van der Waals surface area contributed by atoms with E-state index in [1.54, 1.807) is 7.11 Å². The summed E-state index contributed by atoms with van der Waals surface area (Å²) in [5.74, 6) is 0.909. The first-order valence-corrected chi connectivity index (χ1v) is 6.31. The third-order valence-corrected chi connectivity index (χ3v) is 3.61. The fraction of sp³-hybridized carbons (Fsp3) is 0.571. The van der Waals surface area contributed by atoms with Crippen molar-refractivity contribution in [2.75, 3.05) is 20.4 Å². The van der Waals surface area contributed by atoms with Crippen LogP contribution in [0.5, 0.6) is 5.75 Å². The highest BCUT2D eigenvalue weighted by Crippen LogP contribution is 2.21. The van der Waals surface area contributed by atoms with E-state index < -0.39 is 0 Å². The Morgan fingerprint density at radius 3 is 2.76 bits per heavy atom. The number of ether oxygens (including phenoxy) is 1. The molecule has 2 rings (SSSR count). The topological polar surface area (TPSA) is 32.7 Å². The fourth-order valence-electron chi connectivity index (χ4n) is 2.53. The molecule has 1 atom stereocenters. The van der Waals surface area contributed by atoms with Crippen LogP contribution in [0.25, 0.3) is 0 Å². The fourth-order valence-corrected chi connectivity index (χ4v) is 2.53. The first-order valence-electron chi connectivity index (χ1n) is 6.31. The summed E-state index contributed by atoms with van der Waals surface area (Å²) in [6.45, 7) is 1.25. The Morgan fingerprint density at radius 2 is 2.12 bits per heavy atom. The van der Waals surface area contributed by atoms with E-state index in [9.17, 15) is 5.11 Å². The van der Waals surface area contributed by atoms with E-state index in [4.69, 9.17) is 4.74 Å². The summed E-state index contributed by atoms with van der Waals surface area (Å²) in [7, 11) is 1.69. The van der Waals surface area contributed by atoms with E-state index in [1.165, 1.54) is 18.4 Å². The van der Waals surface area contributed by atoms with Crippen LogP contribution >= 0.6 is 0 Å². The lowest BCUT2D eigenvalue weighted by atomic mass is 10.0. The van der Waals surface area contributed by atoms with Crippen molar-refractivity contribution >= 4 is 0 Å². The predicted octanol–water partition coefficient (Wildman–Crippen LogP) is 2.04. The third-order valence-electron chi connectivity index (χ3n) is 3.61. The summed E-state index contributed by atoms with van der Waals surface area (Å²) in [5, 5.41) is 9.21. The average molecular weight is 235 g/mol. The number of aliphatic hydroxyl groups excluding tert-OH is 1. The third kappa shape index (κ3) is 3.20. The molecule has 3 heteroatoms. The second-order valence-corrected chi connectivity index (χ2v) is 4.64. The number of likely N-dealkylation sites (tertiary alicyclic amines) is 1. The molecule has 0 saturated carbocycles. The quantitative estimate of drug-likeness (QED) is 0.847. The average Bonchev–Trinajstić information content (AvgIpc) is 2.84. The maximum Gasteiger partial charge on any atom is 0.118 e. The number of hydrogen-bond donors (Lipinski definition) is 1. The summed E-state index contributed by atoms with van der Waals surface area (Å²) in [6.07, 6.45) is 4.64. The van der Waals surface area contributed by atoms with Crippen LogP contribution in [-0.4, -0.2) is 36.4 Å². The zero-order chi connectivity index (χ0) is 12.1. The number of hydrogen-bond acceptors (Lipinski definition) is 3. The first-order chi connectivity index (χ1) is 8.33. The highest BCUT2D eigenvalue weighted by atomic mass is 16.5. The van der Waals surface area contributed by atoms with E-state index in [2.05, 4.69) is 17.0 Å². The van der Waals surface area contributed by atoms with Gasteiger partial charge in [-0.05, 0) is 43.4 Å². The second-order valence-electron chi connectivity index (χ2n) is 4.64. The summed E-state index contributed by atoms with van der Waals surface area (Å²) >= 11 is 0. The van der Waals surface area contributed by atoms with Gasteiger partial charge >= 0.3 is 0 Å². The van der Waals surface area contributed by atoms with Crippen molar-refractivity contribution in [2.24, 2.45) is 0 Å². The van der Waals surface area contributed by atoms with Crippen LogP contribution in [0.1, 0.15) is 24.8 Å². The van der Waals surface area contributed by atoms with Crippen LogP contribution in [0.3, 0.4) is 0 Å². The van der Waals surface area contributed by atoms with Gasteiger partial charge in [0.15, 0.2) is 0 Å². The molecule has 1 unspecified atom stereocenters. The van der Waals surface area contributed by atoms with Crippen LogP contribution in [0.2, 0.25) is 0 Å². The largest absolute Gasteiger partial charge is 0.497 e. The number of nitrogens with zero attached hydrogens (tertiary/aromatic N) is 1. The van der Waals surface area contributed by atoms with E-state index in [0.717, 1.165) is 25.1 Å². The van der Waals surface area contributed by atoms with Gasteiger partial charge in [0, 0.05) is 12.6 Å². The molecule has 1 fully saturated rings. The Labute approximate surface area is 103 Å². The van der Waals surface area contributed by atoms with Crippen molar-refractivity contribution in [1.29, 1.82) is 0 Å². The summed E-state index contributed by atoms with van der Waals surface area (Å²) in [5.41, 5.74) is 1.34. The van der Waals surface area contributed by atoms with Crippen molar-refractivity contribution in [3.63, 3.8) is 0 Å². The van der Waals surface area contributed by atoms with Crippen molar-refractivity contribution in [3.8, 4) is 5.75 Å². The van der Waals surface area contributed by atoms with Crippen LogP contribution in [0, 0.1) is 0 Å². The molecule has 0 radical (unpaired) electrons. The van der Waals surface area contributed by atoms with Gasteiger partial charge in [-0.2, -0.15) is 0 Å². The zero-order valence-corrected chi connectivity index (χ0v) is 10.4. The Morgan fingerprint density at radius 1 is 1.35 bits per heavy atom. The summed E-state index contributed by atoms with van der Waals surface area (Å²) in [6, 6.07) is 8.82. The molecule has 1 saturated heterocycles. The van der Waals surface area contributed by atoms with Crippen LogP contribution in [-0.2, 0) is 6.42 Å². The Balaban J connectivity index is 1.84. The molecule has 0 spiro atoms. The summed E-state index contributed by atoms with van der Waals surface area (Å²) in [4.78, 5) is 2.17. The molecule has 0 bridgehead atoms. The molecule has 0 aromatic heterocycles. The lowest BCUT2D eigenvalue weighted by molar-refractivity contribution is 0.0931.